The molecule has 0 unspecified atom stereocenters. The maximum atomic E-state index is 13.0. The summed E-state index contributed by atoms with van der Waals surface area (Å²) in [5, 5.41) is 3.98. The highest BCUT2D eigenvalue weighted by Gasteiger charge is 2.30. The third-order valence-electron chi connectivity index (χ3n) is 5.90. The quantitative estimate of drug-likeness (QED) is 0.463. The van der Waals surface area contributed by atoms with Gasteiger partial charge in [0.05, 0.1) is 29.3 Å². The number of anilines is 2. The smallest absolute Gasteiger partial charge is 0.277 e. The van der Waals surface area contributed by atoms with Crippen molar-refractivity contribution in [3.05, 3.63) is 53.5 Å². The van der Waals surface area contributed by atoms with E-state index in [0.717, 1.165) is 63.9 Å². The average Bonchev–Trinajstić information content (AvgIpc) is 3.39. The van der Waals surface area contributed by atoms with Crippen molar-refractivity contribution in [1.29, 1.82) is 0 Å². The Balaban J connectivity index is 1.28. The number of oxazole rings is 1. The molecule has 0 atom stereocenters. The number of carbonyl (C=O) groups excluding carboxylic acids is 1. The number of ether oxygens (including phenoxy) is 1. The third kappa shape index (κ3) is 4.09. The van der Waals surface area contributed by atoms with Crippen LogP contribution in [-0.2, 0) is 4.74 Å². The standard InChI is InChI=1S/C24H23N5O3S/c1-14-3-2-4-16(11-14)23-26-18(13-32-23)22(30)25-17-12-19-21(27-20(17)15-5-6-15)28-24(33-19)29-7-9-31-10-8-29/h2-4,11-13,15H,5-10H2,1H3,(H,25,30). The summed E-state index contributed by atoms with van der Waals surface area (Å²) in [6.07, 6.45) is 3.55. The predicted molar refractivity (Wildman–Crippen MR) is 127 cm³/mol. The second kappa shape index (κ2) is 8.24. The zero-order valence-electron chi connectivity index (χ0n) is 18.2. The zero-order chi connectivity index (χ0) is 22.4. The molecule has 2 fully saturated rings. The van der Waals surface area contributed by atoms with Crippen molar-refractivity contribution >= 4 is 38.4 Å². The molecule has 4 heterocycles. The van der Waals surface area contributed by atoms with Crippen LogP contribution in [0.15, 0.2) is 41.0 Å². The number of amides is 1. The van der Waals surface area contributed by atoms with Gasteiger partial charge in [-0.15, -0.1) is 0 Å². The number of nitrogens with zero attached hydrogens (tertiary/aromatic N) is 4. The van der Waals surface area contributed by atoms with E-state index in [1.807, 2.05) is 37.3 Å². The molecule has 1 saturated carbocycles. The van der Waals surface area contributed by atoms with E-state index in [9.17, 15) is 4.79 Å². The van der Waals surface area contributed by atoms with Crippen molar-refractivity contribution in [1.82, 2.24) is 15.0 Å². The fraction of sp³-hybridized carbons (Fsp3) is 0.333. The van der Waals surface area contributed by atoms with E-state index >= 15 is 0 Å². The second-order valence-corrected chi connectivity index (χ2v) is 9.48. The molecule has 3 aromatic heterocycles. The molecule has 9 heteroatoms. The molecule has 33 heavy (non-hydrogen) atoms. The molecular weight excluding hydrogens is 438 g/mol. The van der Waals surface area contributed by atoms with Crippen molar-refractivity contribution in [2.75, 3.05) is 36.5 Å². The summed E-state index contributed by atoms with van der Waals surface area (Å²) in [5.41, 5.74) is 4.56. The molecule has 1 aliphatic carbocycles. The maximum Gasteiger partial charge on any atom is 0.277 e. The van der Waals surface area contributed by atoms with Crippen LogP contribution in [0.5, 0.6) is 0 Å². The number of rotatable bonds is 5. The van der Waals surface area contributed by atoms with Gasteiger partial charge >= 0.3 is 0 Å². The van der Waals surface area contributed by atoms with E-state index < -0.39 is 0 Å². The molecule has 1 aromatic carbocycles. The van der Waals surface area contributed by atoms with E-state index in [1.54, 1.807) is 11.3 Å². The Morgan fingerprint density at radius 3 is 2.79 bits per heavy atom. The minimum absolute atomic E-state index is 0.242. The number of pyridine rings is 1. The number of hydrogen-bond acceptors (Lipinski definition) is 8. The molecule has 0 spiro atoms. The van der Waals surface area contributed by atoms with Gasteiger partial charge in [0.2, 0.25) is 5.89 Å². The molecule has 6 rings (SSSR count). The number of nitrogens with one attached hydrogen (secondary N) is 1. The van der Waals surface area contributed by atoms with Gasteiger partial charge in [0.1, 0.15) is 6.26 Å². The maximum absolute atomic E-state index is 13.0. The van der Waals surface area contributed by atoms with Gasteiger partial charge in [-0.1, -0.05) is 29.0 Å². The normalized spacial score (nSPS) is 16.3. The fourth-order valence-corrected chi connectivity index (χ4v) is 5.00. The number of morpholine rings is 1. The van der Waals surface area contributed by atoms with Gasteiger partial charge in [-0.05, 0) is 38.0 Å². The van der Waals surface area contributed by atoms with Crippen molar-refractivity contribution in [3.63, 3.8) is 0 Å². The molecule has 1 saturated heterocycles. The number of hydrogen-bond donors (Lipinski definition) is 1. The summed E-state index contributed by atoms with van der Waals surface area (Å²) >= 11 is 1.60. The zero-order valence-corrected chi connectivity index (χ0v) is 19.0. The predicted octanol–water partition coefficient (Wildman–Crippen LogP) is 4.62. The Kier molecular flexibility index (Phi) is 5.07. The largest absolute Gasteiger partial charge is 0.444 e. The van der Waals surface area contributed by atoms with Crippen LogP contribution in [0.4, 0.5) is 10.8 Å². The third-order valence-corrected chi connectivity index (χ3v) is 6.95. The highest BCUT2D eigenvalue weighted by Crippen LogP contribution is 2.44. The van der Waals surface area contributed by atoms with Crippen LogP contribution in [0, 0.1) is 6.92 Å². The van der Waals surface area contributed by atoms with Gasteiger partial charge in [-0.25, -0.2) is 9.97 Å². The van der Waals surface area contributed by atoms with Crippen LogP contribution in [0.3, 0.4) is 0 Å². The summed E-state index contributed by atoms with van der Waals surface area (Å²) < 4.78 is 12.0. The minimum atomic E-state index is -0.307. The van der Waals surface area contributed by atoms with Crippen LogP contribution in [0.25, 0.3) is 21.8 Å². The molecule has 168 valence electrons. The van der Waals surface area contributed by atoms with Crippen LogP contribution >= 0.6 is 11.3 Å². The highest BCUT2D eigenvalue weighted by molar-refractivity contribution is 7.22. The molecule has 1 aliphatic heterocycles. The summed E-state index contributed by atoms with van der Waals surface area (Å²) in [6, 6.07) is 9.84. The summed E-state index contributed by atoms with van der Waals surface area (Å²) in [4.78, 5) is 29.3. The molecule has 0 radical (unpaired) electrons. The number of fused-ring (bicyclic) bond motifs is 1. The summed E-state index contributed by atoms with van der Waals surface area (Å²) in [6.45, 7) is 5.08. The molecule has 1 N–H and O–H groups in total. The SMILES string of the molecule is Cc1cccc(-c2nc(C(=O)Nc3cc4sc(N5CCOCC5)nc4nc3C3CC3)co2)c1. The van der Waals surface area contributed by atoms with Gasteiger partial charge in [0.25, 0.3) is 5.91 Å². The van der Waals surface area contributed by atoms with Crippen molar-refractivity contribution in [3.8, 4) is 11.5 Å². The first kappa shape index (κ1) is 20.3. The van der Waals surface area contributed by atoms with Gasteiger partial charge in [0, 0.05) is 24.6 Å². The minimum Gasteiger partial charge on any atom is -0.444 e. The van der Waals surface area contributed by atoms with E-state index in [2.05, 4.69) is 15.2 Å². The van der Waals surface area contributed by atoms with Crippen LogP contribution < -0.4 is 10.2 Å². The molecular formula is C24H23N5O3S. The summed E-state index contributed by atoms with van der Waals surface area (Å²) in [7, 11) is 0. The van der Waals surface area contributed by atoms with Crippen molar-refractivity contribution in [2.45, 2.75) is 25.7 Å². The first-order chi connectivity index (χ1) is 16.1. The number of aromatic nitrogens is 3. The Morgan fingerprint density at radius 2 is 2.00 bits per heavy atom. The highest BCUT2D eigenvalue weighted by atomic mass is 32.1. The monoisotopic (exact) mass is 461 g/mol. The van der Waals surface area contributed by atoms with Gasteiger partial charge in [0.15, 0.2) is 16.5 Å². The number of carbonyl (C=O) groups is 1. The molecule has 4 aromatic rings. The second-order valence-electron chi connectivity index (χ2n) is 8.47. The van der Waals surface area contributed by atoms with Gasteiger partial charge in [-0.3, -0.25) is 4.79 Å². The number of benzene rings is 1. The lowest BCUT2D eigenvalue weighted by Gasteiger charge is -2.25. The van der Waals surface area contributed by atoms with Crippen LogP contribution in [-0.4, -0.2) is 47.2 Å². The lowest BCUT2D eigenvalue weighted by molar-refractivity contribution is 0.102. The molecule has 0 bridgehead atoms. The molecule has 1 amide bonds. The Hall–Kier alpha value is -3.30. The fourth-order valence-electron chi connectivity index (χ4n) is 4.00. The van der Waals surface area contributed by atoms with Gasteiger partial charge < -0.3 is 19.4 Å². The first-order valence-corrected chi connectivity index (χ1v) is 11.9. The van der Waals surface area contributed by atoms with E-state index in [1.165, 1.54) is 6.26 Å². The number of thiazole rings is 1. The van der Waals surface area contributed by atoms with E-state index in [-0.39, 0.29) is 11.6 Å². The van der Waals surface area contributed by atoms with Crippen LogP contribution in [0.1, 0.15) is 40.5 Å². The molecule has 8 nitrogen and oxygen atoms in total. The lowest BCUT2D eigenvalue weighted by Crippen LogP contribution is -2.36. The summed E-state index contributed by atoms with van der Waals surface area (Å²) in [5.74, 6) is 0.481. The van der Waals surface area contributed by atoms with Crippen molar-refractivity contribution in [2.24, 2.45) is 0 Å². The average molecular weight is 462 g/mol. The topological polar surface area (TPSA) is 93.4 Å². The molecule has 2 aliphatic rings. The van der Waals surface area contributed by atoms with E-state index in [4.69, 9.17) is 19.1 Å². The first-order valence-electron chi connectivity index (χ1n) is 11.1. The number of aryl methyl sites for hydroxylation is 1. The van der Waals surface area contributed by atoms with Crippen LogP contribution in [0.2, 0.25) is 0 Å². The van der Waals surface area contributed by atoms with Gasteiger partial charge in [-0.2, -0.15) is 4.98 Å². The Morgan fingerprint density at radius 1 is 1.15 bits per heavy atom. The lowest BCUT2D eigenvalue weighted by atomic mass is 10.1. The van der Waals surface area contributed by atoms with E-state index in [0.29, 0.717) is 25.0 Å². The Bertz CT molecular complexity index is 1340. The van der Waals surface area contributed by atoms with Crippen molar-refractivity contribution < 1.29 is 13.9 Å². The Labute approximate surface area is 194 Å².